The van der Waals surface area contributed by atoms with E-state index in [-0.39, 0.29) is 17.9 Å². The number of likely N-dealkylation sites (N-methyl/N-ethyl adjacent to an activating group) is 1. The van der Waals surface area contributed by atoms with Crippen molar-refractivity contribution in [2.75, 3.05) is 32.7 Å². The van der Waals surface area contributed by atoms with Crippen LogP contribution in [0.5, 0.6) is 0 Å². The van der Waals surface area contributed by atoms with Crippen molar-refractivity contribution in [2.45, 2.75) is 32.8 Å². The van der Waals surface area contributed by atoms with Gasteiger partial charge in [-0.2, -0.15) is 5.26 Å². The van der Waals surface area contributed by atoms with E-state index in [0.717, 1.165) is 19.4 Å². The average Bonchev–Trinajstić information content (AvgIpc) is 2.35. The van der Waals surface area contributed by atoms with Crippen LogP contribution in [0.15, 0.2) is 0 Å². The first-order chi connectivity index (χ1) is 8.56. The first-order valence-corrected chi connectivity index (χ1v) is 6.64. The van der Waals surface area contributed by atoms with Crippen molar-refractivity contribution in [3.8, 4) is 6.07 Å². The van der Waals surface area contributed by atoms with E-state index >= 15 is 0 Å². The molecule has 0 aromatic rings. The molecule has 18 heavy (non-hydrogen) atoms. The number of amides is 1. The highest BCUT2D eigenvalue weighted by Crippen LogP contribution is 2.10. The van der Waals surface area contributed by atoms with Crippen LogP contribution in [0.3, 0.4) is 0 Å². The van der Waals surface area contributed by atoms with Gasteiger partial charge < -0.3 is 10.0 Å². The maximum absolute atomic E-state index is 12.1. The normalized spacial score (nSPS) is 22.2. The maximum atomic E-state index is 12.1. The quantitative estimate of drug-likeness (QED) is 0.772. The Labute approximate surface area is 109 Å². The predicted octanol–water partition coefficient (Wildman–Crippen LogP) is 0.451. The van der Waals surface area contributed by atoms with Gasteiger partial charge in [0, 0.05) is 19.6 Å². The minimum atomic E-state index is -0.306. The Morgan fingerprint density at radius 1 is 1.67 bits per heavy atom. The van der Waals surface area contributed by atoms with E-state index in [1.165, 1.54) is 0 Å². The molecule has 102 valence electrons. The summed E-state index contributed by atoms with van der Waals surface area (Å²) in [6.07, 6.45) is 1.46. The van der Waals surface area contributed by atoms with Crippen LogP contribution in [-0.2, 0) is 4.79 Å². The van der Waals surface area contributed by atoms with Crippen molar-refractivity contribution < 1.29 is 9.90 Å². The van der Waals surface area contributed by atoms with Crippen molar-refractivity contribution in [3.63, 3.8) is 0 Å². The Hall–Kier alpha value is -1.12. The van der Waals surface area contributed by atoms with Gasteiger partial charge in [-0.1, -0.05) is 0 Å². The molecule has 5 heteroatoms. The molecule has 2 atom stereocenters. The second-order valence-corrected chi connectivity index (χ2v) is 4.99. The summed E-state index contributed by atoms with van der Waals surface area (Å²) >= 11 is 0. The minimum absolute atomic E-state index is 0.0497. The molecule has 1 fully saturated rings. The van der Waals surface area contributed by atoms with Gasteiger partial charge >= 0.3 is 0 Å². The summed E-state index contributed by atoms with van der Waals surface area (Å²) in [5.41, 5.74) is 0. The summed E-state index contributed by atoms with van der Waals surface area (Å²) in [5.74, 6) is -0.0884. The second kappa shape index (κ2) is 7.34. The number of likely N-dealkylation sites (tertiary alicyclic amines) is 1. The molecule has 1 saturated heterocycles. The molecule has 0 saturated carbocycles. The Kier molecular flexibility index (Phi) is 6.10. The third kappa shape index (κ3) is 4.63. The number of aliphatic hydroxyl groups excluding tert-OH is 1. The predicted molar refractivity (Wildman–Crippen MR) is 68.7 cm³/mol. The van der Waals surface area contributed by atoms with Gasteiger partial charge in [-0.25, -0.2) is 0 Å². The number of nitrogens with zero attached hydrogens (tertiary/aromatic N) is 3. The van der Waals surface area contributed by atoms with Crippen LogP contribution >= 0.6 is 0 Å². The van der Waals surface area contributed by atoms with Gasteiger partial charge in [0.25, 0.3) is 0 Å². The molecule has 1 heterocycles. The second-order valence-electron chi connectivity index (χ2n) is 4.99. The number of β-amino-alcohol motifs (C(OH)–C–C–N with tert-alkyl or cyclic N) is 1. The van der Waals surface area contributed by atoms with Crippen LogP contribution in [-0.4, -0.2) is 59.6 Å². The zero-order chi connectivity index (χ0) is 13.5. The number of nitriles is 1. The Balaban J connectivity index is 2.44. The Bertz CT molecular complexity index is 314. The number of piperidine rings is 1. The van der Waals surface area contributed by atoms with Crippen molar-refractivity contribution >= 4 is 5.91 Å². The summed E-state index contributed by atoms with van der Waals surface area (Å²) < 4.78 is 0. The molecule has 5 nitrogen and oxygen atoms in total. The zero-order valence-corrected chi connectivity index (χ0v) is 11.3. The highest BCUT2D eigenvalue weighted by Gasteiger charge is 2.22. The van der Waals surface area contributed by atoms with Gasteiger partial charge in [-0.05, 0) is 33.2 Å². The summed E-state index contributed by atoms with van der Waals surface area (Å²) in [7, 11) is 0. The molecule has 0 aliphatic carbocycles. The van der Waals surface area contributed by atoms with Crippen LogP contribution in [0.25, 0.3) is 0 Å². The molecule has 1 aliphatic heterocycles. The lowest BCUT2D eigenvalue weighted by Crippen LogP contribution is -2.46. The van der Waals surface area contributed by atoms with E-state index in [1.807, 2.05) is 18.7 Å². The van der Waals surface area contributed by atoms with Gasteiger partial charge in [-0.15, -0.1) is 0 Å². The van der Waals surface area contributed by atoms with Crippen molar-refractivity contribution in [2.24, 2.45) is 5.92 Å². The van der Waals surface area contributed by atoms with Crippen LogP contribution in [0.4, 0.5) is 0 Å². The molecule has 0 aromatic heterocycles. The Morgan fingerprint density at radius 2 is 2.39 bits per heavy atom. The highest BCUT2D eigenvalue weighted by atomic mass is 16.3. The summed E-state index contributed by atoms with van der Waals surface area (Å²) in [6, 6.07) is 2.15. The molecule has 0 spiro atoms. The maximum Gasteiger partial charge on any atom is 0.236 e. The van der Waals surface area contributed by atoms with E-state index in [0.29, 0.717) is 26.2 Å². The average molecular weight is 253 g/mol. The van der Waals surface area contributed by atoms with Crippen molar-refractivity contribution in [3.05, 3.63) is 0 Å². The minimum Gasteiger partial charge on any atom is -0.392 e. The van der Waals surface area contributed by atoms with Gasteiger partial charge in [0.1, 0.15) is 0 Å². The number of carbonyl (C=O) groups excluding carboxylic acids is 1. The molecule has 0 radical (unpaired) electrons. The topological polar surface area (TPSA) is 67.6 Å². The lowest BCUT2D eigenvalue weighted by atomic mass is 10.1. The van der Waals surface area contributed by atoms with Crippen molar-refractivity contribution in [1.29, 1.82) is 5.26 Å². The fourth-order valence-corrected chi connectivity index (χ4v) is 2.24. The van der Waals surface area contributed by atoms with Gasteiger partial charge in [0.2, 0.25) is 5.91 Å². The fourth-order valence-electron chi connectivity index (χ4n) is 2.24. The molecule has 1 N–H and O–H groups in total. The number of aliphatic hydroxyl groups is 1. The van der Waals surface area contributed by atoms with Gasteiger partial charge in [-0.3, -0.25) is 9.69 Å². The standard InChI is InChI=1S/C13H23N3O2/c1-3-16(8-11(2)7-14)13(18)10-15-6-4-5-12(17)9-15/h11-12,17H,3-6,8-10H2,1-2H3. The van der Waals surface area contributed by atoms with E-state index in [2.05, 4.69) is 6.07 Å². The molecule has 1 aliphatic rings. The van der Waals surface area contributed by atoms with Gasteiger partial charge in [0.05, 0.1) is 24.6 Å². The molecule has 0 aromatic carbocycles. The first-order valence-electron chi connectivity index (χ1n) is 6.64. The van der Waals surface area contributed by atoms with Crippen LogP contribution < -0.4 is 0 Å². The van der Waals surface area contributed by atoms with E-state index in [1.54, 1.807) is 4.90 Å². The number of hydrogen-bond donors (Lipinski definition) is 1. The molecule has 1 amide bonds. The first kappa shape index (κ1) is 14.9. The largest absolute Gasteiger partial charge is 0.392 e. The lowest BCUT2D eigenvalue weighted by molar-refractivity contribution is -0.133. The monoisotopic (exact) mass is 253 g/mol. The molecule has 0 bridgehead atoms. The van der Waals surface area contributed by atoms with E-state index in [9.17, 15) is 9.90 Å². The van der Waals surface area contributed by atoms with Crippen LogP contribution in [0.1, 0.15) is 26.7 Å². The number of hydrogen-bond acceptors (Lipinski definition) is 4. The van der Waals surface area contributed by atoms with E-state index in [4.69, 9.17) is 5.26 Å². The van der Waals surface area contributed by atoms with Crippen molar-refractivity contribution in [1.82, 2.24) is 9.80 Å². The lowest BCUT2D eigenvalue weighted by Gasteiger charge is -2.31. The summed E-state index contributed by atoms with van der Waals surface area (Å²) in [5, 5.41) is 18.3. The Morgan fingerprint density at radius 3 is 2.94 bits per heavy atom. The molecule has 2 unspecified atom stereocenters. The molecular weight excluding hydrogens is 230 g/mol. The molecule has 1 rings (SSSR count). The number of carbonyl (C=O) groups is 1. The fraction of sp³-hybridized carbons (Fsp3) is 0.846. The number of rotatable bonds is 5. The zero-order valence-electron chi connectivity index (χ0n) is 11.3. The summed E-state index contributed by atoms with van der Waals surface area (Å²) in [6.45, 7) is 6.66. The van der Waals surface area contributed by atoms with Crippen LogP contribution in [0, 0.1) is 17.2 Å². The SMILES string of the molecule is CCN(CC(C)C#N)C(=O)CN1CCCC(O)C1. The smallest absolute Gasteiger partial charge is 0.236 e. The van der Waals surface area contributed by atoms with Crippen LogP contribution in [0.2, 0.25) is 0 Å². The summed E-state index contributed by atoms with van der Waals surface area (Å²) in [4.78, 5) is 15.8. The molecular formula is C13H23N3O2. The third-order valence-electron chi connectivity index (χ3n) is 3.29. The van der Waals surface area contributed by atoms with E-state index < -0.39 is 0 Å². The van der Waals surface area contributed by atoms with Gasteiger partial charge in [0.15, 0.2) is 0 Å². The highest BCUT2D eigenvalue weighted by molar-refractivity contribution is 5.78. The third-order valence-corrected chi connectivity index (χ3v) is 3.29.